The lowest BCUT2D eigenvalue weighted by Crippen LogP contribution is -2.06. The summed E-state index contributed by atoms with van der Waals surface area (Å²) in [4.78, 5) is 0. The number of aliphatic hydroxyl groups is 1. The average molecular weight is 220 g/mol. The summed E-state index contributed by atoms with van der Waals surface area (Å²) in [5.74, 6) is 1.18. The average Bonchev–Trinajstić information content (AvgIpc) is 2.14. The second-order valence-corrected chi connectivity index (χ2v) is 5.26. The van der Waals surface area contributed by atoms with Crippen LogP contribution < -0.4 is 0 Å². The van der Waals surface area contributed by atoms with Gasteiger partial charge < -0.3 is 5.11 Å². The standard InChI is InChI=1S/C15H24O/c1-11(2)7-14(5-6-16)15-9-12(3)8-13(4)10-15/h8-11,14,16H,5-7H2,1-4H3. The summed E-state index contributed by atoms with van der Waals surface area (Å²) in [6.07, 6.45) is 2.03. The van der Waals surface area contributed by atoms with Gasteiger partial charge in [-0.2, -0.15) is 0 Å². The van der Waals surface area contributed by atoms with Crippen LogP contribution in [-0.4, -0.2) is 11.7 Å². The minimum Gasteiger partial charge on any atom is -0.396 e. The van der Waals surface area contributed by atoms with E-state index in [2.05, 4.69) is 45.9 Å². The van der Waals surface area contributed by atoms with Crippen molar-refractivity contribution in [1.29, 1.82) is 0 Å². The Hall–Kier alpha value is -0.820. The molecule has 0 heterocycles. The summed E-state index contributed by atoms with van der Waals surface area (Å²) in [6, 6.07) is 6.72. The Kier molecular flexibility index (Phi) is 5.01. The molecule has 1 heteroatoms. The molecule has 1 aromatic carbocycles. The van der Waals surface area contributed by atoms with Crippen LogP contribution in [0.2, 0.25) is 0 Å². The molecule has 0 aliphatic carbocycles. The molecule has 90 valence electrons. The van der Waals surface area contributed by atoms with E-state index in [9.17, 15) is 0 Å². The van der Waals surface area contributed by atoms with Crippen LogP contribution in [0.15, 0.2) is 18.2 Å². The van der Waals surface area contributed by atoms with Gasteiger partial charge in [0.2, 0.25) is 0 Å². The van der Waals surface area contributed by atoms with E-state index >= 15 is 0 Å². The number of rotatable bonds is 5. The fourth-order valence-corrected chi connectivity index (χ4v) is 2.39. The van der Waals surface area contributed by atoms with Crippen LogP contribution in [0.1, 0.15) is 49.3 Å². The van der Waals surface area contributed by atoms with Gasteiger partial charge in [-0.3, -0.25) is 0 Å². The van der Waals surface area contributed by atoms with Crippen molar-refractivity contribution in [3.63, 3.8) is 0 Å². The van der Waals surface area contributed by atoms with Crippen LogP contribution in [0, 0.1) is 19.8 Å². The summed E-state index contributed by atoms with van der Waals surface area (Å²) < 4.78 is 0. The van der Waals surface area contributed by atoms with Crippen molar-refractivity contribution in [2.45, 2.75) is 46.5 Å². The Balaban J connectivity index is 2.90. The largest absolute Gasteiger partial charge is 0.396 e. The van der Waals surface area contributed by atoms with Crippen LogP contribution in [-0.2, 0) is 0 Å². The fraction of sp³-hybridized carbons (Fsp3) is 0.600. The third-order valence-corrected chi connectivity index (χ3v) is 2.95. The highest BCUT2D eigenvalue weighted by atomic mass is 16.3. The van der Waals surface area contributed by atoms with Gasteiger partial charge in [-0.15, -0.1) is 0 Å². The van der Waals surface area contributed by atoms with Crippen LogP contribution in [0.5, 0.6) is 0 Å². The zero-order chi connectivity index (χ0) is 12.1. The first-order valence-electron chi connectivity index (χ1n) is 6.22. The van der Waals surface area contributed by atoms with Crippen molar-refractivity contribution in [2.24, 2.45) is 5.92 Å². The third kappa shape index (κ3) is 3.97. The molecule has 0 aromatic heterocycles. The van der Waals surface area contributed by atoms with Crippen molar-refractivity contribution in [3.8, 4) is 0 Å². The van der Waals surface area contributed by atoms with Crippen molar-refractivity contribution < 1.29 is 5.11 Å². The van der Waals surface area contributed by atoms with Gasteiger partial charge in [0.15, 0.2) is 0 Å². The zero-order valence-corrected chi connectivity index (χ0v) is 11.0. The molecular weight excluding hydrogens is 196 g/mol. The lowest BCUT2D eigenvalue weighted by atomic mass is 9.86. The Labute approximate surface area is 99.5 Å². The van der Waals surface area contributed by atoms with Gasteiger partial charge in [0, 0.05) is 6.61 Å². The molecule has 0 fully saturated rings. The fourth-order valence-electron chi connectivity index (χ4n) is 2.39. The minimum absolute atomic E-state index is 0.282. The minimum atomic E-state index is 0.282. The summed E-state index contributed by atoms with van der Waals surface area (Å²) in [5.41, 5.74) is 4.03. The van der Waals surface area contributed by atoms with Crippen LogP contribution in [0.3, 0.4) is 0 Å². The van der Waals surface area contributed by atoms with Crippen molar-refractivity contribution >= 4 is 0 Å². The molecule has 0 aliphatic rings. The van der Waals surface area contributed by atoms with Gasteiger partial charge in [-0.1, -0.05) is 43.2 Å². The summed E-state index contributed by atoms with van der Waals surface area (Å²) in [6.45, 7) is 9.05. The summed E-state index contributed by atoms with van der Waals surface area (Å²) in [7, 11) is 0. The predicted molar refractivity (Wildman–Crippen MR) is 69.8 cm³/mol. The van der Waals surface area contributed by atoms with E-state index < -0.39 is 0 Å². The number of aryl methyl sites for hydroxylation is 2. The first-order valence-corrected chi connectivity index (χ1v) is 6.22. The van der Waals surface area contributed by atoms with Gasteiger partial charge in [0.05, 0.1) is 0 Å². The maximum Gasteiger partial charge on any atom is 0.0436 e. The predicted octanol–water partition coefficient (Wildman–Crippen LogP) is 3.82. The highest BCUT2D eigenvalue weighted by Gasteiger charge is 2.13. The maximum atomic E-state index is 9.15. The highest BCUT2D eigenvalue weighted by molar-refractivity contribution is 5.31. The van der Waals surface area contributed by atoms with E-state index in [1.807, 2.05) is 0 Å². The van der Waals surface area contributed by atoms with Crippen LogP contribution in [0.4, 0.5) is 0 Å². The Morgan fingerprint density at radius 1 is 1.06 bits per heavy atom. The molecule has 0 saturated heterocycles. The molecule has 0 saturated carbocycles. The Morgan fingerprint density at radius 2 is 1.62 bits per heavy atom. The van der Waals surface area contributed by atoms with E-state index in [0.717, 1.165) is 12.8 Å². The molecule has 0 radical (unpaired) electrons. The smallest absolute Gasteiger partial charge is 0.0436 e. The lowest BCUT2D eigenvalue weighted by Gasteiger charge is -2.19. The van der Waals surface area contributed by atoms with Crippen LogP contribution in [0.25, 0.3) is 0 Å². The summed E-state index contributed by atoms with van der Waals surface area (Å²) >= 11 is 0. The molecule has 1 rings (SSSR count). The number of aliphatic hydroxyl groups excluding tert-OH is 1. The van der Waals surface area contributed by atoms with E-state index in [4.69, 9.17) is 5.11 Å². The van der Waals surface area contributed by atoms with Crippen molar-refractivity contribution in [3.05, 3.63) is 34.9 Å². The molecule has 1 aromatic rings. The Bertz CT molecular complexity index is 308. The van der Waals surface area contributed by atoms with E-state index in [1.165, 1.54) is 16.7 Å². The normalized spacial score (nSPS) is 13.1. The van der Waals surface area contributed by atoms with E-state index in [1.54, 1.807) is 0 Å². The molecule has 0 aliphatic heterocycles. The molecule has 1 nitrogen and oxygen atoms in total. The van der Waals surface area contributed by atoms with Crippen molar-refractivity contribution in [2.75, 3.05) is 6.61 Å². The topological polar surface area (TPSA) is 20.2 Å². The van der Waals surface area contributed by atoms with E-state index in [0.29, 0.717) is 11.8 Å². The Morgan fingerprint density at radius 3 is 2.06 bits per heavy atom. The van der Waals surface area contributed by atoms with Gasteiger partial charge >= 0.3 is 0 Å². The third-order valence-electron chi connectivity index (χ3n) is 2.95. The maximum absolute atomic E-state index is 9.15. The molecule has 0 bridgehead atoms. The van der Waals surface area contributed by atoms with Gasteiger partial charge in [-0.05, 0) is 44.1 Å². The number of hydrogen-bond acceptors (Lipinski definition) is 1. The SMILES string of the molecule is Cc1cc(C)cc(C(CCO)CC(C)C)c1. The molecule has 0 amide bonds. The molecule has 16 heavy (non-hydrogen) atoms. The molecular formula is C15H24O. The lowest BCUT2D eigenvalue weighted by molar-refractivity contribution is 0.267. The van der Waals surface area contributed by atoms with Crippen LogP contribution >= 0.6 is 0 Å². The van der Waals surface area contributed by atoms with Gasteiger partial charge in [0.25, 0.3) is 0 Å². The second kappa shape index (κ2) is 6.05. The number of benzene rings is 1. The monoisotopic (exact) mass is 220 g/mol. The molecule has 1 N–H and O–H groups in total. The second-order valence-electron chi connectivity index (χ2n) is 5.26. The quantitative estimate of drug-likeness (QED) is 0.800. The highest BCUT2D eigenvalue weighted by Crippen LogP contribution is 2.28. The van der Waals surface area contributed by atoms with E-state index in [-0.39, 0.29) is 6.61 Å². The summed E-state index contributed by atoms with van der Waals surface area (Å²) in [5, 5.41) is 9.15. The van der Waals surface area contributed by atoms with Gasteiger partial charge in [-0.25, -0.2) is 0 Å². The van der Waals surface area contributed by atoms with Gasteiger partial charge in [0.1, 0.15) is 0 Å². The first kappa shape index (κ1) is 13.2. The first-order chi connectivity index (χ1) is 7.52. The molecule has 0 spiro atoms. The zero-order valence-electron chi connectivity index (χ0n) is 11.0. The number of hydrogen-bond donors (Lipinski definition) is 1. The van der Waals surface area contributed by atoms with Crippen molar-refractivity contribution in [1.82, 2.24) is 0 Å². The molecule has 1 atom stereocenters. The molecule has 1 unspecified atom stereocenters.